The van der Waals surface area contributed by atoms with Gasteiger partial charge in [-0.05, 0) is 46.6 Å². The first-order valence-electron chi connectivity index (χ1n) is 5.81. The summed E-state index contributed by atoms with van der Waals surface area (Å²) in [4.78, 5) is 14.3. The Morgan fingerprint density at radius 2 is 2.10 bits per heavy atom. The summed E-state index contributed by atoms with van der Waals surface area (Å²) in [5, 5.41) is 9.09. The van der Waals surface area contributed by atoms with E-state index in [4.69, 9.17) is 5.26 Å². The van der Waals surface area contributed by atoms with Crippen molar-refractivity contribution < 1.29 is 13.5 Å². The fourth-order valence-corrected chi connectivity index (χ4v) is 2.36. The lowest BCUT2D eigenvalue weighted by atomic mass is 10.0. The molecule has 1 aromatic heterocycles. The molecule has 0 spiro atoms. The number of pyridine rings is 1. The Bertz CT molecular complexity index is 782. The Hall–Kier alpha value is -2.20. The van der Waals surface area contributed by atoms with Crippen LogP contribution in [0.5, 0.6) is 5.75 Å². The van der Waals surface area contributed by atoms with E-state index >= 15 is 0 Å². The fourth-order valence-electron chi connectivity index (χ4n) is 1.89. The Kier molecular flexibility index (Phi) is 4.38. The molecule has 0 aliphatic carbocycles. The number of halogens is 3. The summed E-state index contributed by atoms with van der Waals surface area (Å²) >= 11 is 3.13. The second kappa shape index (κ2) is 6.06. The first-order valence-corrected chi connectivity index (χ1v) is 6.60. The molecule has 7 heteroatoms. The molecule has 108 valence electrons. The van der Waals surface area contributed by atoms with Gasteiger partial charge in [0.05, 0.1) is 4.47 Å². The molecule has 1 aromatic carbocycles. The van der Waals surface area contributed by atoms with Crippen molar-refractivity contribution in [2.45, 2.75) is 13.5 Å². The zero-order valence-electron chi connectivity index (χ0n) is 10.8. The molecule has 21 heavy (non-hydrogen) atoms. The van der Waals surface area contributed by atoms with Crippen LogP contribution in [0, 0.1) is 18.3 Å². The van der Waals surface area contributed by atoms with Gasteiger partial charge in [-0.25, -0.2) is 0 Å². The highest BCUT2D eigenvalue weighted by atomic mass is 79.9. The zero-order valence-corrected chi connectivity index (χ0v) is 12.4. The predicted octanol–water partition coefficient (Wildman–Crippen LogP) is 3.59. The molecule has 1 heterocycles. The molecular weight excluding hydrogens is 346 g/mol. The highest BCUT2D eigenvalue weighted by molar-refractivity contribution is 9.10. The molecule has 0 saturated heterocycles. The monoisotopic (exact) mass is 354 g/mol. The topological polar surface area (TPSA) is 65.9 Å². The van der Waals surface area contributed by atoms with E-state index in [-0.39, 0.29) is 11.3 Å². The number of alkyl halides is 2. The van der Waals surface area contributed by atoms with E-state index in [2.05, 4.69) is 25.7 Å². The minimum absolute atomic E-state index is 0.0196. The van der Waals surface area contributed by atoms with Crippen LogP contribution in [0.4, 0.5) is 8.78 Å². The largest absolute Gasteiger partial charge is 0.434 e. The van der Waals surface area contributed by atoms with Gasteiger partial charge in [-0.1, -0.05) is 6.07 Å². The van der Waals surface area contributed by atoms with Crippen LogP contribution in [-0.2, 0) is 0 Å². The lowest BCUT2D eigenvalue weighted by Crippen LogP contribution is -2.12. The number of ether oxygens (including phenoxy) is 1. The molecule has 2 aromatic rings. The average molecular weight is 355 g/mol. The fraction of sp³-hybridized carbons (Fsp3) is 0.143. The average Bonchev–Trinajstić information content (AvgIpc) is 2.40. The van der Waals surface area contributed by atoms with Crippen LogP contribution in [0.2, 0.25) is 0 Å². The lowest BCUT2D eigenvalue weighted by Gasteiger charge is -2.10. The highest BCUT2D eigenvalue weighted by Crippen LogP contribution is 2.32. The van der Waals surface area contributed by atoms with Crippen LogP contribution in [0.25, 0.3) is 11.1 Å². The number of nitriles is 1. The molecule has 0 aliphatic heterocycles. The van der Waals surface area contributed by atoms with Crippen molar-refractivity contribution in [1.29, 1.82) is 5.26 Å². The van der Waals surface area contributed by atoms with Gasteiger partial charge >= 0.3 is 6.61 Å². The third-order valence-electron chi connectivity index (χ3n) is 2.74. The van der Waals surface area contributed by atoms with Crippen molar-refractivity contribution in [3.63, 3.8) is 0 Å². The maximum absolute atomic E-state index is 12.2. The number of aromatic amines is 1. The third-order valence-corrected chi connectivity index (χ3v) is 3.36. The summed E-state index contributed by atoms with van der Waals surface area (Å²) in [6.45, 7) is -1.24. The SMILES string of the molecule is Cc1cc(-c2ccc(OC(F)F)c(Br)c2)c(C#N)c(=O)[nH]1. The van der Waals surface area contributed by atoms with Crippen molar-refractivity contribution in [3.8, 4) is 22.9 Å². The number of nitrogens with one attached hydrogen (secondary N) is 1. The summed E-state index contributed by atoms with van der Waals surface area (Å²) in [7, 11) is 0. The number of rotatable bonds is 3. The molecule has 0 unspecified atom stereocenters. The first kappa shape index (κ1) is 15.2. The van der Waals surface area contributed by atoms with E-state index in [1.165, 1.54) is 18.2 Å². The van der Waals surface area contributed by atoms with Crippen LogP contribution >= 0.6 is 15.9 Å². The van der Waals surface area contributed by atoms with Crippen molar-refractivity contribution in [1.82, 2.24) is 4.98 Å². The number of hydrogen-bond donors (Lipinski definition) is 1. The van der Waals surface area contributed by atoms with Crippen LogP contribution in [0.1, 0.15) is 11.3 Å². The van der Waals surface area contributed by atoms with Crippen molar-refractivity contribution in [2.24, 2.45) is 0 Å². The van der Waals surface area contributed by atoms with Gasteiger partial charge in [0.1, 0.15) is 17.4 Å². The maximum atomic E-state index is 12.2. The number of benzene rings is 1. The normalized spacial score (nSPS) is 10.5. The smallest absolute Gasteiger partial charge is 0.387 e. The van der Waals surface area contributed by atoms with Gasteiger partial charge in [0.2, 0.25) is 0 Å². The third kappa shape index (κ3) is 3.28. The second-order valence-corrected chi connectivity index (χ2v) is 5.06. The molecule has 2 rings (SSSR count). The van der Waals surface area contributed by atoms with E-state index in [1.807, 2.05) is 6.07 Å². The second-order valence-electron chi connectivity index (χ2n) is 4.21. The van der Waals surface area contributed by atoms with E-state index in [0.29, 0.717) is 21.3 Å². The van der Waals surface area contributed by atoms with Crippen LogP contribution < -0.4 is 10.3 Å². The summed E-state index contributed by atoms with van der Waals surface area (Å²) < 4.78 is 29.1. The Labute approximate surface area is 127 Å². The predicted molar refractivity (Wildman–Crippen MR) is 76.3 cm³/mol. The number of hydrogen-bond acceptors (Lipinski definition) is 3. The summed E-state index contributed by atoms with van der Waals surface area (Å²) in [6.07, 6.45) is 0. The molecule has 1 N–H and O–H groups in total. The van der Waals surface area contributed by atoms with E-state index in [9.17, 15) is 13.6 Å². The van der Waals surface area contributed by atoms with Gasteiger partial charge < -0.3 is 9.72 Å². The van der Waals surface area contributed by atoms with Crippen LogP contribution in [0.3, 0.4) is 0 Å². The van der Waals surface area contributed by atoms with Crippen LogP contribution in [0.15, 0.2) is 33.5 Å². The molecule has 0 fully saturated rings. The van der Waals surface area contributed by atoms with E-state index in [1.54, 1.807) is 13.0 Å². The number of H-pyrrole nitrogens is 1. The Morgan fingerprint density at radius 3 is 2.67 bits per heavy atom. The van der Waals surface area contributed by atoms with Gasteiger partial charge in [0, 0.05) is 11.3 Å². The molecule has 4 nitrogen and oxygen atoms in total. The standard InChI is InChI=1S/C14H9BrF2N2O2/c1-7-4-9(10(6-18)13(20)19-7)8-2-3-12(11(15)5-8)21-14(16)17/h2-5,14H,1H3,(H,19,20). The van der Waals surface area contributed by atoms with Crippen molar-refractivity contribution >= 4 is 15.9 Å². The number of aromatic nitrogens is 1. The Balaban J connectivity index is 2.56. The Morgan fingerprint density at radius 1 is 1.38 bits per heavy atom. The molecule has 0 radical (unpaired) electrons. The molecule has 0 saturated carbocycles. The minimum Gasteiger partial charge on any atom is -0.434 e. The van der Waals surface area contributed by atoms with Crippen molar-refractivity contribution in [2.75, 3.05) is 0 Å². The van der Waals surface area contributed by atoms with E-state index < -0.39 is 12.2 Å². The molecule has 0 atom stereocenters. The molecule has 0 amide bonds. The first-order chi connectivity index (χ1) is 9.92. The quantitative estimate of drug-likeness (QED) is 0.915. The zero-order chi connectivity index (χ0) is 15.6. The summed E-state index contributed by atoms with van der Waals surface area (Å²) in [6, 6.07) is 7.88. The van der Waals surface area contributed by atoms with Crippen LogP contribution in [-0.4, -0.2) is 11.6 Å². The van der Waals surface area contributed by atoms with Gasteiger partial charge in [-0.2, -0.15) is 14.0 Å². The highest BCUT2D eigenvalue weighted by Gasteiger charge is 2.13. The number of aryl methyl sites for hydroxylation is 1. The van der Waals surface area contributed by atoms with Gasteiger partial charge in [-0.3, -0.25) is 4.79 Å². The van der Waals surface area contributed by atoms with Gasteiger partial charge in [0.25, 0.3) is 5.56 Å². The molecular formula is C14H9BrF2N2O2. The van der Waals surface area contributed by atoms with Gasteiger partial charge in [0.15, 0.2) is 0 Å². The summed E-state index contributed by atoms with van der Waals surface area (Å²) in [5.41, 5.74) is 1.06. The van der Waals surface area contributed by atoms with Gasteiger partial charge in [-0.15, -0.1) is 0 Å². The molecule has 0 aliphatic rings. The lowest BCUT2D eigenvalue weighted by molar-refractivity contribution is -0.0503. The summed E-state index contributed by atoms with van der Waals surface area (Å²) in [5.74, 6) is -0.0196. The molecule has 0 bridgehead atoms. The number of nitrogens with zero attached hydrogens (tertiary/aromatic N) is 1. The maximum Gasteiger partial charge on any atom is 0.387 e. The van der Waals surface area contributed by atoms with E-state index in [0.717, 1.165) is 0 Å². The van der Waals surface area contributed by atoms with Crippen molar-refractivity contribution in [3.05, 3.63) is 50.3 Å². The minimum atomic E-state index is -2.93.